The number of benzene rings is 1. The lowest BCUT2D eigenvalue weighted by Gasteiger charge is -2.10. The van der Waals surface area contributed by atoms with E-state index in [4.69, 9.17) is 22.1 Å². The van der Waals surface area contributed by atoms with E-state index >= 15 is 0 Å². The quantitative estimate of drug-likeness (QED) is 0.875. The molecule has 0 saturated carbocycles. The molecule has 0 spiro atoms. The monoisotopic (exact) mass is 235 g/mol. The summed E-state index contributed by atoms with van der Waals surface area (Å²) in [6.45, 7) is 1.97. The van der Waals surface area contributed by atoms with Crippen molar-refractivity contribution in [3.8, 4) is 5.75 Å². The summed E-state index contributed by atoms with van der Waals surface area (Å²) in [6, 6.07) is 5.74. The third-order valence-corrected chi connectivity index (χ3v) is 2.03. The highest BCUT2D eigenvalue weighted by molar-refractivity contribution is 6.30. The van der Waals surface area contributed by atoms with Crippen molar-refractivity contribution in [2.75, 3.05) is 7.11 Å². The lowest BCUT2D eigenvalue weighted by molar-refractivity contribution is 0.408. The Balaban J connectivity index is 0.00000169. The number of nitrogens with two attached hydrogens (primary N) is 1. The molecule has 2 N–H and O–H groups in total. The average molecular weight is 236 g/mol. The van der Waals surface area contributed by atoms with Crippen molar-refractivity contribution in [2.24, 2.45) is 5.73 Å². The van der Waals surface area contributed by atoms with Crippen molar-refractivity contribution in [1.29, 1.82) is 0 Å². The number of ether oxygens (including phenoxy) is 1. The standard InChI is InChI=1S/C10H14ClNO.ClH/c1-7(12)5-8-3-4-9(11)6-10(8)13-2;/h3-4,6-7H,5,12H2,1-2H3;1H/t7-;/m0./s1. The van der Waals surface area contributed by atoms with Crippen molar-refractivity contribution in [3.63, 3.8) is 0 Å². The van der Waals surface area contributed by atoms with Crippen LogP contribution in [0.2, 0.25) is 5.02 Å². The van der Waals surface area contributed by atoms with Crippen molar-refractivity contribution in [3.05, 3.63) is 28.8 Å². The maximum Gasteiger partial charge on any atom is 0.123 e. The smallest absolute Gasteiger partial charge is 0.123 e. The minimum atomic E-state index is 0. The van der Waals surface area contributed by atoms with Crippen molar-refractivity contribution in [1.82, 2.24) is 0 Å². The van der Waals surface area contributed by atoms with E-state index in [1.54, 1.807) is 13.2 Å². The molecule has 0 fully saturated rings. The fourth-order valence-electron chi connectivity index (χ4n) is 1.23. The maximum atomic E-state index is 5.82. The first-order valence-electron chi connectivity index (χ1n) is 4.21. The van der Waals surface area contributed by atoms with Gasteiger partial charge in [0.2, 0.25) is 0 Å². The Morgan fingerprint density at radius 3 is 2.64 bits per heavy atom. The molecule has 0 unspecified atom stereocenters. The molecule has 1 aromatic carbocycles. The van der Waals surface area contributed by atoms with E-state index in [0.717, 1.165) is 17.7 Å². The van der Waals surface area contributed by atoms with Crippen LogP contribution in [0.3, 0.4) is 0 Å². The Bertz CT molecular complexity index is 289. The second-order valence-electron chi connectivity index (χ2n) is 3.14. The maximum absolute atomic E-state index is 5.82. The van der Waals surface area contributed by atoms with Crippen LogP contribution < -0.4 is 10.5 Å². The summed E-state index contributed by atoms with van der Waals surface area (Å²) < 4.78 is 5.19. The molecule has 0 aromatic heterocycles. The number of hydrogen-bond acceptors (Lipinski definition) is 2. The van der Waals surface area contributed by atoms with E-state index in [0.29, 0.717) is 5.02 Å². The highest BCUT2D eigenvalue weighted by Crippen LogP contribution is 2.23. The van der Waals surface area contributed by atoms with Crippen LogP contribution in [0.5, 0.6) is 5.75 Å². The molecule has 0 aliphatic carbocycles. The summed E-state index contributed by atoms with van der Waals surface area (Å²) in [5.41, 5.74) is 6.80. The van der Waals surface area contributed by atoms with Gasteiger partial charge in [-0.05, 0) is 31.0 Å². The van der Waals surface area contributed by atoms with Crippen LogP contribution in [-0.2, 0) is 6.42 Å². The average Bonchev–Trinajstić information content (AvgIpc) is 2.07. The van der Waals surface area contributed by atoms with E-state index in [1.165, 1.54) is 0 Å². The van der Waals surface area contributed by atoms with Gasteiger partial charge in [0.1, 0.15) is 5.75 Å². The number of methoxy groups -OCH3 is 1. The van der Waals surface area contributed by atoms with Crippen molar-refractivity contribution in [2.45, 2.75) is 19.4 Å². The van der Waals surface area contributed by atoms with Gasteiger partial charge in [0.25, 0.3) is 0 Å². The van der Waals surface area contributed by atoms with Gasteiger partial charge in [0, 0.05) is 11.1 Å². The summed E-state index contributed by atoms with van der Waals surface area (Å²) in [4.78, 5) is 0. The van der Waals surface area contributed by atoms with Crippen LogP contribution in [-0.4, -0.2) is 13.2 Å². The molecule has 1 rings (SSSR count). The van der Waals surface area contributed by atoms with Gasteiger partial charge >= 0.3 is 0 Å². The summed E-state index contributed by atoms with van der Waals surface area (Å²) in [5, 5.41) is 0.685. The van der Waals surface area contributed by atoms with Crippen LogP contribution in [0.25, 0.3) is 0 Å². The van der Waals surface area contributed by atoms with Crippen LogP contribution in [0.4, 0.5) is 0 Å². The highest BCUT2D eigenvalue weighted by atomic mass is 35.5. The van der Waals surface area contributed by atoms with E-state index in [2.05, 4.69) is 0 Å². The highest BCUT2D eigenvalue weighted by Gasteiger charge is 2.05. The van der Waals surface area contributed by atoms with Crippen LogP contribution in [0, 0.1) is 0 Å². The first-order chi connectivity index (χ1) is 6.13. The molecular formula is C10H15Cl2NO. The van der Waals surface area contributed by atoms with E-state index in [-0.39, 0.29) is 18.4 Å². The SMILES string of the molecule is COc1cc(Cl)ccc1C[C@H](C)N.Cl. The summed E-state index contributed by atoms with van der Waals surface area (Å²) >= 11 is 5.82. The van der Waals surface area contributed by atoms with Gasteiger partial charge < -0.3 is 10.5 Å². The molecule has 0 amide bonds. The third kappa shape index (κ3) is 3.74. The third-order valence-electron chi connectivity index (χ3n) is 1.79. The first kappa shape index (κ1) is 13.6. The summed E-state index contributed by atoms with van der Waals surface area (Å²) in [7, 11) is 1.64. The van der Waals surface area contributed by atoms with Gasteiger partial charge in [-0.1, -0.05) is 17.7 Å². The van der Waals surface area contributed by atoms with Gasteiger partial charge in [-0.2, -0.15) is 0 Å². The van der Waals surface area contributed by atoms with Gasteiger partial charge in [-0.25, -0.2) is 0 Å². The Labute approximate surface area is 95.8 Å². The fourth-order valence-corrected chi connectivity index (χ4v) is 1.40. The zero-order chi connectivity index (χ0) is 9.84. The minimum absolute atomic E-state index is 0. The molecule has 0 saturated heterocycles. The molecule has 14 heavy (non-hydrogen) atoms. The molecule has 2 nitrogen and oxygen atoms in total. The normalized spacial score (nSPS) is 11.7. The topological polar surface area (TPSA) is 35.2 Å². The fraction of sp³-hybridized carbons (Fsp3) is 0.400. The summed E-state index contributed by atoms with van der Waals surface area (Å²) in [6.07, 6.45) is 0.806. The molecule has 0 aliphatic rings. The van der Waals surface area contributed by atoms with Crippen LogP contribution >= 0.6 is 24.0 Å². The first-order valence-corrected chi connectivity index (χ1v) is 4.59. The number of hydrogen-bond donors (Lipinski definition) is 1. The van der Waals surface area contributed by atoms with Crippen LogP contribution in [0.1, 0.15) is 12.5 Å². The second-order valence-corrected chi connectivity index (χ2v) is 3.57. The van der Waals surface area contributed by atoms with E-state index in [1.807, 2.05) is 19.1 Å². The minimum Gasteiger partial charge on any atom is -0.496 e. The molecule has 4 heteroatoms. The Kier molecular flexibility index (Phi) is 5.93. The Hall–Kier alpha value is -0.440. The van der Waals surface area contributed by atoms with Gasteiger partial charge in [-0.15, -0.1) is 12.4 Å². The Morgan fingerprint density at radius 1 is 1.50 bits per heavy atom. The molecule has 0 bridgehead atoms. The predicted octanol–water partition coefficient (Wildman–Crippen LogP) is 2.66. The molecule has 1 atom stereocenters. The zero-order valence-electron chi connectivity index (χ0n) is 8.29. The molecule has 0 radical (unpaired) electrons. The second kappa shape index (κ2) is 6.12. The van der Waals surface area contributed by atoms with Gasteiger partial charge in [0.05, 0.1) is 7.11 Å². The molecule has 0 aliphatic heterocycles. The van der Waals surface area contributed by atoms with E-state index in [9.17, 15) is 0 Å². The molecule has 1 aromatic rings. The van der Waals surface area contributed by atoms with Gasteiger partial charge in [-0.3, -0.25) is 0 Å². The lowest BCUT2D eigenvalue weighted by Crippen LogP contribution is -2.18. The zero-order valence-corrected chi connectivity index (χ0v) is 9.86. The van der Waals surface area contributed by atoms with Crippen molar-refractivity contribution < 1.29 is 4.74 Å². The molecular weight excluding hydrogens is 221 g/mol. The van der Waals surface area contributed by atoms with Gasteiger partial charge in [0.15, 0.2) is 0 Å². The summed E-state index contributed by atoms with van der Waals surface area (Å²) in [5.74, 6) is 0.810. The van der Waals surface area contributed by atoms with Crippen LogP contribution in [0.15, 0.2) is 18.2 Å². The number of halogens is 2. The molecule has 0 heterocycles. The Morgan fingerprint density at radius 2 is 2.14 bits per heavy atom. The number of rotatable bonds is 3. The largest absolute Gasteiger partial charge is 0.496 e. The van der Waals surface area contributed by atoms with E-state index < -0.39 is 0 Å². The predicted molar refractivity (Wildman–Crippen MR) is 62.6 cm³/mol. The molecule has 80 valence electrons. The lowest BCUT2D eigenvalue weighted by atomic mass is 10.1. The van der Waals surface area contributed by atoms with Crippen molar-refractivity contribution >= 4 is 24.0 Å².